The average molecular weight is 1220 g/mol. The number of carboxylic acids is 4. The smallest absolute Gasteiger partial charge is 0.303 e. The molecule has 0 aliphatic carbocycles. The molecule has 10 aliphatic heterocycles. The van der Waals surface area contributed by atoms with Crippen molar-refractivity contribution in [3.05, 3.63) is 0 Å². The molecular weight excluding hydrogens is 1100 g/mol. The third-order valence-corrected chi connectivity index (χ3v) is 27.0. The van der Waals surface area contributed by atoms with Crippen molar-refractivity contribution < 1.29 is 54.6 Å². The number of aliphatic hydroxyl groups excluding tert-OH is 2. The molecule has 10 fully saturated rings. The Hall–Kier alpha value is -2.56. The summed E-state index contributed by atoms with van der Waals surface area (Å²) in [5.74, 6) is -0.288. The molecule has 0 radical (unpaired) electrons. The predicted octanol–water partition coefficient (Wildman–Crippen LogP) is 5.89. The zero-order valence-corrected chi connectivity index (χ0v) is 54.8. The number of hydrogen-bond acceptors (Lipinski definition) is 15. The van der Waals surface area contributed by atoms with E-state index in [1.54, 1.807) is 0 Å². The second kappa shape index (κ2) is 28.0. The topological polar surface area (TPSA) is 295 Å². The standard InChI is InChI=1S/C68H118N8O11/c1-29-41(13-17-61(79)80)53-28-56-44(16-20-64(85)86)32(4)48(72-56)24-59-68(36(8)52(76-59)25-58-65(37(9)77)33(5)49(73-58)21-45(29)69-53)40(12)87-39(11)67-35(7)50-22-46-30(2)42(14-18-62(81)82)54(70-46)27-55-43(15-19-63(83)84)31(3)47(71-55)23-57-66(38(10)78)34(6)51(74-57)26-60(67)75-50/h29-60,65-78H,13-28H2,1-12H3,(H,79,80)(H,81,82)(H,83,84)(H,85,86). The minimum atomic E-state index is -0.781. The third kappa shape index (κ3) is 14.2. The van der Waals surface area contributed by atoms with Gasteiger partial charge in [-0.2, -0.15) is 0 Å². The SMILES string of the molecule is CC(O)C1C2CC3NC(CC4NC(CC5NC(CC(N2)C1C)C(C(C)OC(C)C1C2CC6NC(CC7NC(CC8NC(CC(N2)C1C)C(C(C)O)C8C)C(C)C7CCC(=O)O)C(CCC(=O)O)C6C)C5C)C(C)C4CCC(=O)O)C(CCC(=O)O)C3C. The second-order valence-corrected chi connectivity index (χ2v) is 31.5. The number of ether oxygens (including phenoxy) is 1. The number of carbonyl (C=O) groups is 4. The molecule has 10 rings (SSSR count). The number of aliphatic carboxylic acids is 4. The summed E-state index contributed by atoms with van der Waals surface area (Å²) >= 11 is 0. The molecule has 16 bridgehead atoms. The Kier molecular flexibility index (Phi) is 21.6. The molecule has 19 nitrogen and oxygen atoms in total. The normalized spacial score (nSPS) is 49.4. The number of carboxylic acid groups (broad SMARTS) is 4. The number of fused-ring (bicyclic) bond motifs is 16. The van der Waals surface area contributed by atoms with Crippen LogP contribution in [0.4, 0.5) is 0 Å². The van der Waals surface area contributed by atoms with Gasteiger partial charge in [-0.25, -0.2) is 0 Å². The Balaban J connectivity index is 0.940. The molecule has 10 saturated heterocycles. The minimum absolute atomic E-state index is 0.0332. The molecule has 19 heteroatoms. The highest BCUT2D eigenvalue weighted by Gasteiger charge is 2.57. The molecule has 87 heavy (non-hydrogen) atoms. The highest BCUT2D eigenvalue weighted by atomic mass is 16.5. The van der Waals surface area contributed by atoms with Gasteiger partial charge in [0.05, 0.1) is 24.4 Å². The highest BCUT2D eigenvalue weighted by molar-refractivity contribution is 5.67. The molecule has 496 valence electrons. The van der Waals surface area contributed by atoms with Gasteiger partial charge < -0.3 is 77.9 Å². The predicted molar refractivity (Wildman–Crippen MR) is 335 cm³/mol. The molecule has 0 aromatic heterocycles. The maximum Gasteiger partial charge on any atom is 0.303 e. The zero-order valence-electron chi connectivity index (χ0n) is 54.8. The van der Waals surface area contributed by atoms with Crippen LogP contribution in [-0.2, 0) is 23.9 Å². The van der Waals surface area contributed by atoms with Gasteiger partial charge in [-0.3, -0.25) is 19.2 Å². The summed E-state index contributed by atoms with van der Waals surface area (Å²) in [5.41, 5.74) is 0. The molecule has 0 amide bonds. The third-order valence-electron chi connectivity index (χ3n) is 27.0. The van der Waals surface area contributed by atoms with Crippen molar-refractivity contribution in [1.82, 2.24) is 42.5 Å². The molecule has 14 N–H and O–H groups in total. The van der Waals surface area contributed by atoms with Crippen molar-refractivity contribution >= 4 is 23.9 Å². The lowest BCUT2D eigenvalue weighted by Gasteiger charge is -2.37. The van der Waals surface area contributed by atoms with Crippen LogP contribution < -0.4 is 42.5 Å². The van der Waals surface area contributed by atoms with Gasteiger partial charge in [-0.05, 0) is 176 Å². The van der Waals surface area contributed by atoms with Gasteiger partial charge in [-0.15, -0.1) is 0 Å². The van der Waals surface area contributed by atoms with E-state index in [0.29, 0.717) is 25.7 Å². The molecule has 36 atom stereocenters. The molecule has 0 aromatic carbocycles. The van der Waals surface area contributed by atoms with E-state index in [2.05, 4.69) is 112 Å². The minimum Gasteiger partial charge on any atom is -0.481 e. The summed E-state index contributed by atoms with van der Waals surface area (Å²) in [6.07, 6.45) is 8.34. The van der Waals surface area contributed by atoms with E-state index in [-0.39, 0.29) is 229 Å². The monoisotopic (exact) mass is 1220 g/mol. The number of hydrogen-bond donors (Lipinski definition) is 14. The van der Waals surface area contributed by atoms with Gasteiger partial charge in [0.2, 0.25) is 0 Å². The van der Waals surface area contributed by atoms with Crippen LogP contribution in [0.5, 0.6) is 0 Å². The van der Waals surface area contributed by atoms with Gasteiger partial charge >= 0.3 is 23.9 Å². The van der Waals surface area contributed by atoms with E-state index >= 15 is 0 Å². The maximum atomic E-state index is 12.3. The first kappa shape index (κ1) is 67.3. The van der Waals surface area contributed by atoms with Crippen molar-refractivity contribution in [1.29, 1.82) is 0 Å². The van der Waals surface area contributed by atoms with Crippen LogP contribution in [-0.4, -0.2) is 176 Å². The van der Waals surface area contributed by atoms with Crippen molar-refractivity contribution in [2.45, 2.75) is 307 Å². The second-order valence-electron chi connectivity index (χ2n) is 31.5. The summed E-state index contributed by atoms with van der Waals surface area (Å²) in [5, 5.41) is 96.6. The largest absolute Gasteiger partial charge is 0.481 e. The van der Waals surface area contributed by atoms with Gasteiger partial charge in [0, 0.05) is 146 Å². The number of nitrogens with one attached hydrogen (secondary N) is 8. The number of rotatable bonds is 18. The van der Waals surface area contributed by atoms with Gasteiger partial charge in [0.25, 0.3) is 0 Å². The summed E-state index contributed by atoms with van der Waals surface area (Å²) in [6.45, 7) is 27.2. The van der Waals surface area contributed by atoms with Crippen molar-refractivity contribution in [2.75, 3.05) is 0 Å². The van der Waals surface area contributed by atoms with Crippen LogP contribution in [0.15, 0.2) is 0 Å². The quantitative estimate of drug-likeness (QED) is 0.0761. The Morgan fingerprint density at radius 2 is 0.494 bits per heavy atom. The summed E-state index contributed by atoms with van der Waals surface area (Å²) in [6, 6.07) is 1.88. The van der Waals surface area contributed by atoms with Crippen molar-refractivity contribution in [3.63, 3.8) is 0 Å². The van der Waals surface area contributed by atoms with Crippen LogP contribution >= 0.6 is 0 Å². The van der Waals surface area contributed by atoms with E-state index in [4.69, 9.17) is 4.74 Å². The van der Waals surface area contributed by atoms with Crippen LogP contribution in [0.2, 0.25) is 0 Å². The number of aliphatic hydroxyl groups is 2. The van der Waals surface area contributed by atoms with Crippen molar-refractivity contribution in [3.8, 4) is 0 Å². The summed E-state index contributed by atoms with van der Waals surface area (Å²) in [4.78, 5) is 48.7. The molecule has 36 unspecified atom stereocenters. The van der Waals surface area contributed by atoms with Crippen molar-refractivity contribution in [2.24, 2.45) is 94.7 Å². The fraction of sp³-hybridized carbons (Fsp3) is 0.941. The van der Waals surface area contributed by atoms with E-state index in [0.717, 1.165) is 51.4 Å². The van der Waals surface area contributed by atoms with E-state index in [1.807, 2.05) is 13.8 Å². The lowest BCUT2D eigenvalue weighted by Crippen LogP contribution is -2.47. The van der Waals surface area contributed by atoms with Crippen LogP contribution in [0.1, 0.15) is 186 Å². The Labute approximate surface area is 520 Å². The summed E-state index contributed by atoms with van der Waals surface area (Å²) < 4.78 is 7.69. The lowest BCUT2D eigenvalue weighted by molar-refractivity contribution is -0.138. The average Bonchev–Trinajstić information content (AvgIpc) is 2.12. The van der Waals surface area contributed by atoms with E-state index < -0.39 is 36.1 Å². The van der Waals surface area contributed by atoms with Gasteiger partial charge in [0.15, 0.2) is 0 Å². The zero-order chi connectivity index (χ0) is 62.8. The molecule has 0 aromatic rings. The van der Waals surface area contributed by atoms with Gasteiger partial charge in [-0.1, -0.05) is 55.4 Å². The molecular formula is C68H118N8O11. The Morgan fingerprint density at radius 1 is 0.310 bits per heavy atom. The molecule has 10 heterocycles. The van der Waals surface area contributed by atoms with Crippen LogP contribution in [0.25, 0.3) is 0 Å². The lowest BCUT2D eigenvalue weighted by atomic mass is 9.75. The Morgan fingerprint density at radius 3 is 0.724 bits per heavy atom. The van der Waals surface area contributed by atoms with Crippen LogP contribution in [0.3, 0.4) is 0 Å². The first-order valence-electron chi connectivity index (χ1n) is 35.2. The molecule has 0 spiro atoms. The Bertz CT molecular complexity index is 2360. The van der Waals surface area contributed by atoms with E-state index in [1.165, 1.54) is 0 Å². The van der Waals surface area contributed by atoms with Crippen LogP contribution in [0, 0.1) is 94.7 Å². The first-order valence-corrected chi connectivity index (χ1v) is 35.2. The fourth-order valence-corrected chi connectivity index (χ4v) is 22.5. The van der Waals surface area contributed by atoms with E-state index in [9.17, 15) is 49.8 Å². The summed E-state index contributed by atoms with van der Waals surface area (Å²) in [7, 11) is 0. The highest BCUT2D eigenvalue weighted by Crippen LogP contribution is 2.49. The maximum absolute atomic E-state index is 12.3. The first-order chi connectivity index (χ1) is 41.2. The molecule has 0 saturated carbocycles. The van der Waals surface area contributed by atoms with Gasteiger partial charge in [0.1, 0.15) is 0 Å². The molecule has 10 aliphatic rings. The fourth-order valence-electron chi connectivity index (χ4n) is 22.5.